The summed E-state index contributed by atoms with van der Waals surface area (Å²) in [7, 11) is -2.38. The number of hydrogen-bond donors (Lipinski definition) is 1. The predicted molar refractivity (Wildman–Crippen MR) is 85.3 cm³/mol. The van der Waals surface area contributed by atoms with Gasteiger partial charge < -0.3 is 4.90 Å². The fourth-order valence-corrected chi connectivity index (χ4v) is 3.64. The van der Waals surface area contributed by atoms with Crippen molar-refractivity contribution in [1.82, 2.24) is 0 Å². The van der Waals surface area contributed by atoms with Crippen molar-refractivity contribution in [3.8, 4) is 0 Å². The minimum Gasteiger partial charge on any atom is -0.315 e. The van der Waals surface area contributed by atoms with Crippen LogP contribution in [0.4, 0.5) is 20.2 Å². The second-order valence-electron chi connectivity index (χ2n) is 5.48. The zero-order valence-corrected chi connectivity index (χ0v) is 13.5. The summed E-state index contributed by atoms with van der Waals surface area (Å²) in [5.41, 5.74) is 1.85. The van der Waals surface area contributed by atoms with Gasteiger partial charge in [0.25, 0.3) is 10.0 Å². The van der Waals surface area contributed by atoms with E-state index in [2.05, 4.69) is 4.72 Å². The Balaban J connectivity index is 1.90. The molecule has 126 valence electrons. The van der Waals surface area contributed by atoms with Crippen LogP contribution in [0.1, 0.15) is 12.0 Å². The van der Waals surface area contributed by atoms with Crippen LogP contribution in [0.15, 0.2) is 41.3 Å². The Morgan fingerprint density at radius 2 is 1.79 bits per heavy atom. The Morgan fingerprint density at radius 1 is 1.04 bits per heavy atom. The van der Waals surface area contributed by atoms with E-state index in [0.29, 0.717) is 24.6 Å². The molecule has 5 nitrogen and oxygen atoms in total. The van der Waals surface area contributed by atoms with Crippen LogP contribution in [0.3, 0.4) is 0 Å². The van der Waals surface area contributed by atoms with Gasteiger partial charge in [-0.05, 0) is 48.4 Å². The number of halogens is 2. The number of anilines is 2. The quantitative estimate of drug-likeness (QED) is 0.924. The van der Waals surface area contributed by atoms with Crippen LogP contribution >= 0.6 is 0 Å². The van der Waals surface area contributed by atoms with E-state index < -0.39 is 21.7 Å². The zero-order chi connectivity index (χ0) is 17.5. The summed E-state index contributed by atoms with van der Waals surface area (Å²) in [5.74, 6) is -2.35. The zero-order valence-electron chi connectivity index (χ0n) is 12.7. The average Bonchev–Trinajstić information content (AvgIpc) is 2.53. The minimum atomic E-state index is -4.04. The van der Waals surface area contributed by atoms with E-state index in [9.17, 15) is 22.0 Å². The first-order valence-corrected chi connectivity index (χ1v) is 8.63. The molecule has 0 unspecified atom stereocenters. The molecule has 1 aliphatic heterocycles. The van der Waals surface area contributed by atoms with Gasteiger partial charge in [-0.15, -0.1) is 0 Å². The first-order valence-electron chi connectivity index (χ1n) is 7.15. The largest absolute Gasteiger partial charge is 0.315 e. The SMILES string of the molecule is CN1C(=O)CCc2cc(NS(=O)(=O)c3ccc(F)c(F)c3)ccc21. The van der Waals surface area contributed by atoms with Gasteiger partial charge in [-0.1, -0.05) is 0 Å². The maximum absolute atomic E-state index is 13.2. The standard InChI is InChI=1S/C16H14F2N2O3S/c1-20-15-6-3-11(8-10(15)2-7-16(20)21)19-24(22,23)12-4-5-13(17)14(18)9-12/h3-6,8-9,19H,2,7H2,1H3. The number of amides is 1. The third kappa shape index (κ3) is 2.96. The molecule has 2 aromatic rings. The Morgan fingerprint density at radius 3 is 2.50 bits per heavy atom. The summed E-state index contributed by atoms with van der Waals surface area (Å²) in [6.07, 6.45) is 0.863. The maximum atomic E-state index is 13.2. The number of nitrogens with zero attached hydrogens (tertiary/aromatic N) is 1. The molecule has 0 saturated heterocycles. The number of fused-ring (bicyclic) bond motifs is 1. The van der Waals surface area contributed by atoms with Crippen molar-refractivity contribution in [2.75, 3.05) is 16.7 Å². The Hall–Kier alpha value is -2.48. The molecule has 1 heterocycles. The Kier molecular flexibility index (Phi) is 4.00. The molecule has 1 N–H and O–H groups in total. The molecule has 0 radical (unpaired) electrons. The fraction of sp³-hybridized carbons (Fsp3) is 0.188. The van der Waals surface area contributed by atoms with E-state index in [0.717, 1.165) is 23.4 Å². The third-order valence-corrected chi connectivity index (χ3v) is 5.26. The highest BCUT2D eigenvalue weighted by molar-refractivity contribution is 7.92. The van der Waals surface area contributed by atoms with Crippen LogP contribution in [0, 0.1) is 11.6 Å². The van der Waals surface area contributed by atoms with Crippen LogP contribution in [-0.2, 0) is 21.2 Å². The number of carbonyl (C=O) groups excluding carboxylic acids is 1. The molecule has 2 aromatic carbocycles. The molecule has 0 atom stereocenters. The van der Waals surface area contributed by atoms with Crippen molar-refractivity contribution in [3.63, 3.8) is 0 Å². The molecule has 1 amide bonds. The molecule has 1 aliphatic rings. The van der Waals surface area contributed by atoms with Crippen LogP contribution < -0.4 is 9.62 Å². The van der Waals surface area contributed by atoms with Gasteiger partial charge in [-0.2, -0.15) is 0 Å². The van der Waals surface area contributed by atoms with Crippen molar-refractivity contribution in [2.45, 2.75) is 17.7 Å². The summed E-state index contributed by atoms with van der Waals surface area (Å²) < 4.78 is 53.1. The van der Waals surface area contributed by atoms with Gasteiger partial charge in [0.15, 0.2) is 11.6 Å². The van der Waals surface area contributed by atoms with Crippen LogP contribution in [-0.4, -0.2) is 21.4 Å². The molecule has 24 heavy (non-hydrogen) atoms. The lowest BCUT2D eigenvalue weighted by atomic mass is 10.0. The smallest absolute Gasteiger partial charge is 0.261 e. The van der Waals surface area contributed by atoms with Crippen molar-refractivity contribution >= 4 is 27.3 Å². The molecule has 0 saturated carbocycles. The molecular formula is C16H14F2N2O3S. The summed E-state index contributed by atoms with van der Waals surface area (Å²) in [5, 5.41) is 0. The molecule has 3 rings (SSSR count). The van der Waals surface area contributed by atoms with Gasteiger partial charge in [0.2, 0.25) is 5.91 Å². The summed E-state index contributed by atoms with van der Waals surface area (Å²) >= 11 is 0. The normalized spacial score (nSPS) is 14.5. The van der Waals surface area contributed by atoms with Crippen molar-refractivity contribution in [1.29, 1.82) is 0 Å². The lowest BCUT2D eigenvalue weighted by molar-refractivity contribution is -0.118. The molecule has 0 aromatic heterocycles. The summed E-state index contributed by atoms with van der Waals surface area (Å²) in [6.45, 7) is 0. The first-order chi connectivity index (χ1) is 11.3. The molecule has 0 aliphatic carbocycles. The van der Waals surface area contributed by atoms with Gasteiger partial charge in [0.1, 0.15) is 0 Å². The number of carbonyl (C=O) groups is 1. The van der Waals surface area contributed by atoms with E-state index in [1.54, 1.807) is 19.2 Å². The second kappa shape index (κ2) is 5.86. The molecule has 8 heteroatoms. The Bertz CT molecular complexity index is 929. The maximum Gasteiger partial charge on any atom is 0.261 e. The van der Waals surface area contributed by atoms with Gasteiger partial charge >= 0.3 is 0 Å². The van der Waals surface area contributed by atoms with Crippen LogP contribution in [0.25, 0.3) is 0 Å². The monoisotopic (exact) mass is 352 g/mol. The van der Waals surface area contributed by atoms with Crippen LogP contribution in [0.5, 0.6) is 0 Å². The lowest BCUT2D eigenvalue weighted by Crippen LogP contribution is -2.31. The number of aryl methyl sites for hydroxylation is 1. The highest BCUT2D eigenvalue weighted by atomic mass is 32.2. The van der Waals surface area contributed by atoms with Crippen molar-refractivity contribution in [3.05, 3.63) is 53.6 Å². The third-order valence-electron chi connectivity index (χ3n) is 3.88. The highest BCUT2D eigenvalue weighted by Crippen LogP contribution is 2.30. The minimum absolute atomic E-state index is 0.00221. The fourth-order valence-electron chi connectivity index (χ4n) is 2.58. The predicted octanol–water partition coefficient (Wildman–Crippen LogP) is 2.67. The van der Waals surface area contributed by atoms with Gasteiger partial charge in [-0.3, -0.25) is 9.52 Å². The Labute approximate surface area is 138 Å². The molecule has 0 bridgehead atoms. The van der Waals surface area contributed by atoms with Gasteiger partial charge in [0, 0.05) is 24.8 Å². The lowest BCUT2D eigenvalue weighted by Gasteiger charge is -2.26. The van der Waals surface area contributed by atoms with E-state index in [1.165, 1.54) is 11.0 Å². The van der Waals surface area contributed by atoms with E-state index in [4.69, 9.17) is 0 Å². The summed E-state index contributed by atoms with van der Waals surface area (Å²) in [6, 6.07) is 7.18. The second-order valence-corrected chi connectivity index (χ2v) is 7.16. The molecular weight excluding hydrogens is 338 g/mol. The highest BCUT2D eigenvalue weighted by Gasteiger charge is 2.22. The van der Waals surface area contributed by atoms with Crippen molar-refractivity contribution in [2.24, 2.45) is 0 Å². The number of nitrogens with one attached hydrogen (secondary N) is 1. The topological polar surface area (TPSA) is 66.5 Å². The molecule has 0 fully saturated rings. The van der Waals surface area contributed by atoms with Gasteiger partial charge in [-0.25, -0.2) is 17.2 Å². The number of benzene rings is 2. The van der Waals surface area contributed by atoms with Gasteiger partial charge in [0.05, 0.1) is 4.90 Å². The summed E-state index contributed by atoms with van der Waals surface area (Å²) in [4.78, 5) is 12.8. The van der Waals surface area contributed by atoms with E-state index in [1.807, 2.05) is 0 Å². The van der Waals surface area contributed by atoms with E-state index in [-0.39, 0.29) is 10.8 Å². The van der Waals surface area contributed by atoms with Crippen molar-refractivity contribution < 1.29 is 22.0 Å². The van der Waals surface area contributed by atoms with E-state index >= 15 is 0 Å². The van der Waals surface area contributed by atoms with Crippen LogP contribution in [0.2, 0.25) is 0 Å². The number of hydrogen-bond acceptors (Lipinski definition) is 3. The molecule has 0 spiro atoms. The number of rotatable bonds is 3. The number of sulfonamides is 1. The average molecular weight is 352 g/mol. The first kappa shape index (κ1) is 16.4.